The molecule has 0 amide bonds. The summed E-state index contributed by atoms with van der Waals surface area (Å²) >= 11 is 0. The first-order valence-corrected chi connectivity index (χ1v) is 5.32. The third-order valence-corrected chi connectivity index (χ3v) is 2.22. The van der Waals surface area contributed by atoms with Crippen LogP contribution in [0.1, 0.15) is 19.2 Å². The van der Waals surface area contributed by atoms with Gasteiger partial charge in [-0.1, -0.05) is 6.92 Å². The zero-order valence-corrected chi connectivity index (χ0v) is 9.16. The molecule has 0 fully saturated rings. The molecule has 0 radical (unpaired) electrons. The maximum absolute atomic E-state index is 8.58. The highest BCUT2D eigenvalue weighted by atomic mass is 16.5. The second-order valence-electron chi connectivity index (χ2n) is 3.55. The zero-order chi connectivity index (χ0) is 11.4. The highest BCUT2D eigenvalue weighted by molar-refractivity contribution is 5.76. The molecular formula is C12H13N3O. The summed E-state index contributed by atoms with van der Waals surface area (Å²) in [6.07, 6.45) is 1.29. The minimum Gasteiger partial charge on any atom is -0.494 e. The van der Waals surface area contributed by atoms with Gasteiger partial charge in [0.2, 0.25) is 0 Å². The molecule has 0 aliphatic rings. The van der Waals surface area contributed by atoms with Crippen LogP contribution in [0.2, 0.25) is 0 Å². The van der Waals surface area contributed by atoms with E-state index in [1.165, 1.54) is 0 Å². The molecule has 1 heterocycles. The molecule has 1 aromatic carbocycles. The van der Waals surface area contributed by atoms with Crippen LogP contribution in [0.15, 0.2) is 18.2 Å². The minimum absolute atomic E-state index is 0.305. The van der Waals surface area contributed by atoms with E-state index in [9.17, 15) is 0 Å². The monoisotopic (exact) mass is 215 g/mol. The Kier molecular flexibility index (Phi) is 3.06. The summed E-state index contributed by atoms with van der Waals surface area (Å²) < 4.78 is 5.52. The molecule has 1 N–H and O–H groups in total. The Morgan fingerprint density at radius 3 is 3.12 bits per heavy atom. The molecular weight excluding hydrogens is 202 g/mol. The Morgan fingerprint density at radius 1 is 1.50 bits per heavy atom. The maximum atomic E-state index is 8.58. The molecule has 4 nitrogen and oxygen atoms in total. The molecule has 0 aliphatic carbocycles. The molecule has 1 aromatic heterocycles. The smallest absolute Gasteiger partial charge is 0.121 e. The van der Waals surface area contributed by atoms with E-state index in [4.69, 9.17) is 10.00 Å². The first kappa shape index (κ1) is 10.5. The number of fused-ring (bicyclic) bond motifs is 1. The predicted molar refractivity (Wildman–Crippen MR) is 61.2 cm³/mol. The number of nitrogens with zero attached hydrogens (tertiary/aromatic N) is 2. The number of hydrogen-bond donors (Lipinski definition) is 1. The average Bonchev–Trinajstić information content (AvgIpc) is 2.68. The second-order valence-corrected chi connectivity index (χ2v) is 3.55. The molecule has 82 valence electrons. The molecule has 0 atom stereocenters. The van der Waals surface area contributed by atoms with Crippen molar-refractivity contribution < 1.29 is 4.74 Å². The largest absolute Gasteiger partial charge is 0.494 e. The van der Waals surface area contributed by atoms with Gasteiger partial charge in [0.05, 0.1) is 30.1 Å². The molecule has 4 heteroatoms. The van der Waals surface area contributed by atoms with Crippen LogP contribution in [0.25, 0.3) is 11.0 Å². The van der Waals surface area contributed by atoms with E-state index in [0.717, 1.165) is 23.2 Å². The number of H-pyrrole nitrogens is 1. The van der Waals surface area contributed by atoms with Gasteiger partial charge in [0.15, 0.2) is 0 Å². The Bertz CT molecular complexity index is 525. The highest BCUT2D eigenvalue weighted by Crippen LogP contribution is 2.19. The quantitative estimate of drug-likeness (QED) is 0.851. The lowest BCUT2D eigenvalue weighted by atomic mass is 10.3. The molecule has 2 rings (SSSR count). The lowest BCUT2D eigenvalue weighted by molar-refractivity contribution is 0.318. The zero-order valence-electron chi connectivity index (χ0n) is 9.16. The molecule has 0 saturated carbocycles. The lowest BCUT2D eigenvalue weighted by Crippen LogP contribution is -1.94. The summed E-state index contributed by atoms with van der Waals surface area (Å²) in [5, 5.41) is 8.58. The van der Waals surface area contributed by atoms with E-state index in [-0.39, 0.29) is 0 Å². The van der Waals surface area contributed by atoms with Gasteiger partial charge in [-0.2, -0.15) is 5.26 Å². The van der Waals surface area contributed by atoms with Crippen molar-refractivity contribution in [1.29, 1.82) is 5.26 Å². The van der Waals surface area contributed by atoms with E-state index < -0.39 is 0 Å². The van der Waals surface area contributed by atoms with Crippen molar-refractivity contribution in [3.63, 3.8) is 0 Å². The third kappa shape index (κ3) is 2.14. The number of hydrogen-bond acceptors (Lipinski definition) is 3. The summed E-state index contributed by atoms with van der Waals surface area (Å²) in [4.78, 5) is 7.39. The number of aromatic amines is 1. The van der Waals surface area contributed by atoms with Gasteiger partial charge in [-0.05, 0) is 18.6 Å². The van der Waals surface area contributed by atoms with Gasteiger partial charge in [-0.25, -0.2) is 4.98 Å². The van der Waals surface area contributed by atoms with E-state index in [1.54, 1.807) is 0 Å². The number of ether oxygens (including phenoxy) is 1. The standard InChI is InChI=1S/C12H13N3O/c1-2-7-16-9-3-4-10-11(8-9)15-12(14-10)5-6-13/h3-4,8H,2,5,7H2,1H3,(H,14,15). The number of imidazole rings is 1. The van der Waals surface area contributed by atoms with Crippen molar-refractivity contribution in [2.45, 2.75) is 19.8 Å². The number of aromatic nitrogens is 2. The van der Waals surface area contributed by atoms with Gasteiger partial charge in [0, 0.05) is 6.07 Å². The molecule has 16 heavy (non-hydrogen) atoms. The van der Waals surface area contributed by atoms with E-state index in [1.807, 2.05) is 18.2 Å². The van der Waals surface area contributed by atoms with E-state index in [0.29, 0.717) is 18.9 Å². The van der Waals surface area contributed by atoms with Gasteiger partial charge in [-0.3, -0.25) is 0 Å². The van der Waals surface area contributed by atoms with Crippen LogP contribution in [0.3, 0.4) is 0 Å². The van der Waals surface area contributed by atoms with Crippen molar-refractivity contribution in [3.05, 3.63) is 24.0 Å². The topological polar surface area (TPSA) is 61.7 Å². The summed E-state index contributed by atoms with van der Waals surface area (Å²) in [6, 6.07) is 7.78. The normalized spacial score (nSPS) is 10.2. The molecule has 0 bridgehead atoms. The lowest BCUT2D eigenvalue weighted by Gasteiger charge is -2.02. The number of benzene rings is 1. The van der Waals surface area contributed by atoms with E-state index >= 15 is 0 Å². The molecule has 0 saturated heterocycles. The van der Waals surface area contributed by atoms with Crippen LogP contribution in [-0.4, -0.2) is 16.6 Å². The SMILES string of the molecule is CCCOc1ccc2nc(CC#N)[nH]c2c1. The van der Waals surface area contributed by atoms with Gasteiger partial charge < -0.3 is 9.72 Å². The molecule has 0 spiro atoms. The fourth-order valence-corrected chi connectivity index (χ4v) is 1.51. The number of nitriles is 1. The predicted octanol–water partition coefficient (Wildman–Crippen LogP) is 2.42. The van der Waals surface area contributed by atoms with Gasteiger partial charge >= 0.3 is 0 Å². The maximum Gasteiger partial charge on any atom is 0.121 e. The van der Waals surface area contributed by atoms with Crippen LogP contribution in [0, 0.1) is 11.3 Å². The minimum atomic E-state index is 0.305. The Balaban J connectivity index is 2.27. The van der Waals surface area contributed by atoms with Gasteiger partial charge in [-0.15, -0.1) is 0 Å². The molecule has 0 unspecified atom stereocenters. The van der Waals surface area contributed by atoms with E-state index in [2.05, 4.69) is 23.0 Å². The summed E-state index contributed by atoms with van der Waals surface area (Å²) in [5.41, 5.74) is 1.79. The highest BCUT2D eigenvalue weighted by Gasteiger charge is 2.03. The van der Waals surface area contributed by atoms with Crippen molar-refractivity contribution in [2.24, 2.45) is 0 Å². The Labute approximate surface area is 93.9 Å². The number of rotatable bonds is 4. The first-order valence-electron chi connectivity index (χ1n) is 5.32. The van der Waals surface area contributed by atoms with Crippen LogP contribution in [0.4, 0.5) is 0 Å². The third-order valence-electron chi connectivity index (χ3n) is 2.22. The fraction of sp³-hybridized carbons (Fsp3) is 0.333. The average molecular weight is 215 g/mol. The summed E-state index contributed by atoms with van der Waals surface area (Å²) in [5.74, 6) is 1.53. The van der Waals surface area contributed by atoms with Crippen molar-refractivity contribution in [2.75, 3.05) is 6.61 Å². The van der Waals surface area contributed by atoms with Crippen molar-refractivity contribution in [1.82, 2.24) is 9.97 Å². The van der Waals surface area contributed by atoms with Gasteiger partial charge in [0.25, 0.3) is 0 Å². The first-order chi connectivity index (χ1) is 7.83. The van der Waals surface area contributed by atoms with Crippen LogP contribution >= 0.6 is 0 Å². The molecule has 0 aliphatic heterocycles. The second kappa shape index (κ2) is 4.67. The number of nitrogens with one attached hydrogen (secondary N) is 1. The summed E-state index contributed by atoms with van der Waals surface area (Å²) in [7, 11) is 0. The van der Waals surface area contributed by atoms with Crippen molar-refractivity contribution in [3.8, 4) is 11.8 Å². The molecule has 2 aromatic rings. The fourth-order valence-electron chi connectivity index (χ4n) is 1.51. The van der Waals surface area contributed by atoms with Crippen LogP contribution in [0.5, 0.6) is 5.75 Å². The van der Waals surface area contributed by atoms with Crippen molar-refractivity contribution >= 4 is 11.0 Å². The van der Waals surface area contributed by atoms with Crippen LogP contribution in [-0.2, 0) is 6.42 Å². The van der Waals surface area contributed by atoms with Gasteiger partial charge in [0.1, 0.15) is 11.6 Å². The Morgan fingerprint density at radius 2 is 2.38 bits per heavy atom. The Hall–Kier alpha value is -2.02. The van der Waals surface area contributed by atoms with Crippen LogP contribution < -0.4 is 4.74 Å². The summed E-state index contributed by atoms with van der Waals surface area (Å²) in [6.45, 7) is 2.78.